The number of rotatable bonds is 4. The van der Waals surface area contributed by atoms with E-state index in [4.69, 9.17) is 0 Å². The number of hydrogen-bond donors (Lipinski definition) is 2. The Bertz CT molecular complexity index is 851. The van der Waals surface area contributed by atoms with Gasteiger partial charge in [0.15, 0.2) is 5.13 Å². The molecule has 3 aromatic rings. The lowest BCUT2D eigenvalue weighted by Crippen LogP contribution is -2.22. The van der Waals surface area contributed by atoms with Gasteiger partial charge in [0.05, 0.1) is 5.69 Å². The zero-order valence-electron chi connectivity index (χ0n) is 11.6. The van der Waals surface area contributed by atoms with Crippen molar-refractivity contribution in [1.29, 1.82) is 0 Å². The Morgan fingerprint density at radius 3 is 3.05 bits per heavy atom. The van der Waals surface area contributed by atoms with Gasteiger partial charge in [0.1, 0.15) is 11.2 Å². The summed E-state index contributed by atoms with van der Waals surface area (Å²) in [5.41, 5.74) is 1.08. The van der Waals surface area contributed by atoms with Crippen molar-refractivity contribution in [3.05, 3.63) is 57.5 Å². The Labute approximate surface area is 128 Å². The fourth-order valence-electron chi connectivity index (χ4n) is 1.85. The summed E-state index contributed by atoms with van der Waals surface area (Å²) in [5.74, 6) is -0.235. The van der Waals surface area contributed by atoms with Gasteiger partial charge in [-0.3, -0.25) is 9.78 Å². The van der Waals surface area contributed by atoms with E-state index in [1.54, 1.807) is 19.3 Å². The number of thiazole rings is 1. The minimum absolute atomic E-state index is 0.235. The maximum atomic E-state index is 12.2. The number of carbonyl (C=O) groups is 1. The maximum Gasteiger partial charge on any atom is 0.349 e. The first-order chi connectivity index (χ1) is 10.6. The van der Waals surface area contributed by atoms with Gasteiger partial charge < -0.3 is 5.32 Å². The number of nitrogens with one attached hydrogen (secondary N) is 2. The highest BCUT2D eigenvalue weighted by molar-refractivity contribution is 7.16. The summed E-state index contributed by atoms with van der Waals surface area (Å²) >= 11 is 1.14. The number of H-pyrrole nitrogens is 1. The first-order valence-corrected chi connectivity index (χ1v) is 7.23. The van der Waals surface area contributed by atoms with Crippen molar-refractivity contribution in [2.24, 2.45) is 0 Å². The summed E-state index contributed by atoms with van der Waals surface area (Å²) in [6, 6.07) is 3.69. The second kappa shape index (κ2) is 5.90. The van der Waals surface area contributed by atoms with E-state index in [1.165, 1.54) is 10.9 Å². The van der Waals surface area contributed by atoms with E-state index in [0.29, 0.717) is 22.2 Å². The van der Waals surface area contributed by atoms with Crippen LogP contribution in [-0.2, 0) is 6.54 Å². The molecule has 112 valence electrons. The molecule has 0 aromatic carbocycles. The summed E-state index contributed by atoms with van der Waals surface area (Å²) < 4.78 is 1.26. The molecule has 0 aliphatic heterocycles. The summed E-state index contributed by atoms with van der Waals surface area (Å²) in [6.07, 6.45) is 4.70. The first-order valence-electron chi connectivity index (χ1n) is 6.42. The van der Waals surface area contributed by atoms with Crippen molar-refractivity contribution in [3.8, 4) is 5.13 Å². The van der Waals surface area contributed by atoms with Crippen molar-refractivity contribution >= 4 is 17.2 Å². The number of nitrogens with zero attached hydrogens (tertiary/aromatic N) is 4. The molecule has 8 nitrogen and oxygen atoms in total. The highest BCUT2D eigenvalue weighted by Gasteiger charge is 2.17. The molecule has 9 heteroatoms. The van der Waals surface area contributed by atoms with Crippen molar-refractivity contribution in [2.45, 2.75) is 13.5 Å². The van der Waals surface area contributed by atoms with Crippen LogP contribution >= 0.6 is 11.3 Å². The number of pyridine rings is 1. The monoisotopic (exact) mass is 316 g/mol. The van der Waals surface area contributed by atoms with E-state index < -0.39 is 5.69 Å². The van der Waals surface area contributed by atoms with E-state index in [0.717, 1.165) is 16.9 Å². The topological polar surface area (TPSA) is 106 Å². The molecule has 1 amide bonds. The third-order valence-corrected chi connectivity index (χ3v) is 4.08. The second-order valence-electron chi connectivity index (χ2n) is 4.49. The maximum absolute atomic E-state index is 12.2. The Hall–Kier alpha value is -2.81. The number of amides is 1. The molecule has 2 N–H and O–H groups in total. The molecule has 0 fully saturated rings. The number of carbonyl (C=O) groups excluding carboxylic acids is 1. The molecule has 0 saturated carbocycles. The Morgan fingerprint density at radius 1 is 1.50 bits per heavy atom. The Kier molecular flexibility index (Phi) is 3.79. The average Bonchev–Trinajstić information content (AvgIpc) is 3.11. The number of aromatic nitrogens is 5. The molecule has 3 rings (SSSR count). The van der Waals surface area contributed by atoms with Gasteiger partial charge in [-0.1, -0.05) is 17.4 Å². The predicted molar refractivity (Wildman–Crippen MR) is 80.0 cm³/mol. The van der Waals surface area contributed by atoms with E-state index >= 15 is 0 Å². The molecule has 0 unspecified atom stereocenters. The number of hydrogen-bond acceptors (Lipinski definition) is 6. The quantitative estimate of drug-likeness (QED) is 0.735. The smallest absolute Gasteiger partial charge is 0.347 e. The van der Waals surface area contributed by atoms with Crippen LogP contribution in [-0.4, -0.2) is 30.6 Å². The third kappa shape index (κ3) is 2.79. The van der Waals surface area contributed by atoms with Crippen molar-refractivity contribution in [2.75, 3.05) is 0 Å². The summed E-state index contributed by atoms with van der Waals surface area (Å²) in [4.78, 5) is 32.5. The van der Waals surface area contributed by atoms with Gasteiger partial charge in [-0.25, -0.2) is 19.4 Å². The van der Waals surface area contributed by atoms with E-state index in [9.17, 15) is 9.59 Å². The molecular formula is C13H12N6O2S. The van der Waals surface area contributed by atoms with Crippen LogP contribution in [0.5, 0.6) is 0 Å². The van der Waals surface area contributed by atoms with E-state index in [1.807, 2.05) is 12.1 Å². The zero-order valence-corrected chi connectivity index (χ0v) is 12.4. The minimum atomic E-state index is -0.393. The largest absolute Gasteiger partial charge is 0.349 e. The minimum Gasteiger partial charge on any atom is -0.347 e. The molecule has 0 spiro atoms. The zero-order chi connectivity index (χ0) is 15.5. The fraction of sp³-hybridized carbons (Fsp3) is 0.154. The first kappa shape index (κ1) is 14.1. The van der Waals surface area contributed by atoms with Crippen molar-refractivity contribution < 1.29 is 4.79 Å². The highest BCUT2D eigenvalue weighted by Crippen LogP contribution is 2.20. The van der Waals surface area contributed by atoms with Gasteiger partial charge >= 0.3 is 5.69 Å². The SMILES string of the molecule is Cc1nc(-n2cn[nH]c2=O)sc1C(=O)NCc1cccnc1. The van der Waals surface area contributed by atoms with Gasteiger partial charge in [-0.05, 0) is 18.6 Å². The van der Waals surface area contributed by atoms with Crippen molar-refractivity contribution in [3.63, 3.8) is 0 Å². The lowest BCUT2D eigenvalue weighted by molar-refractivity contribution is 0.0954. The van der Waals surface area contributed by atoms with Crippen LogP contribution in [0.25, 0.3) is 5.13 Å². The van der Waals surface area contributed by atoms with Crippen LogP contribution in [0.1, 0.15) is 20.9 Å². The molecule has 0 aliphatic rings. The Morgan fingerprint density at radius 2 is 2.36 bits per heavy atom. The lowest BCUT2D eigenvalue weighted by Gasteiger charge is -2.03. The predicted octanol–water partition coefficient (Wildman–Crippen LogP) is 0.651. The van der Waals surface area contributed by atoms with Crippen LogP contribution in [0, 0.1) is 6.92 Å². The summed E-state index contributed by atoms with van der Waals surface area (Å²) in [6.45, 7) is 2.11. The number of aryl methyl sites for hydroxylation is 1. The third-order valence-electron chi connectivity index (χ3n) is 2.93. The molecule has 0 atom stereocenters. The van der Waals surface area contributed by atoms with Crippen LogP contribution < -0.4 is 11.0 Å². The standard InChI is InChI=1S/C13H12N6O2S/c1-8-10(11(20)15-6-9-3-2-4-14-5-9)22-13(17-8)19-7-16-18-12(19)21/h2-5,7H,6H2,1H3,(H,15,20)(H,18,21). The number of aromatic amines is 1. The molecule has 0 saturated heterocycles. The van der Waals surface area contributed by atoms with E-state index in [-0.39, 0.29) is 5.91 Å². The van der Waals surface area contributed by atoms with Crippen LogP contribution in [0.2, 0.25) is 0 Å². The molecule has 0 bridgehead atoms. The average molecular weight is 316 g/mol. The molecule has 22 heavy (non-hydrogen) atoms. The van der Waals surface area contributed by atoms with Crippen LogP contribution in [0.3, 0.4) is 0 Å². The molecular weight excluding hydrogens is 304 g/mol. The molecule has 3 aromatic heterocycles. The molecule has 0 aliphatic carbocycles. The van der Waals surface area contributed by atoms with Gasteiger partial charge in [0.2, 0.25) is 0 Å². The normalized spacial score (nSPS) is 10.6. The molecule has 3 heterocycles. The van der Waals surface area contributed by atoms with Gasteiger partial charge in [-0.2, -0.15) is 5.10 Å². The Balaban J connectivity index is 1.77. The van der Waals surface area contributed by atoms with Gasteiger partial charge in [0, 0.05) is 18.9 Å². The summed E-state index contributed by atoms with van der Waals surface area (Å²) in [5, 5.41) is 9.15. The second-order valence-corrected chi connectivity index (χ2v) is 5.46. The van der Waals surface area contributed by atoms with E-state index in [2.05, 4.69) is 25.5 Å². The highest BCUT2D eigenvalue weighted by atomic mass is 32.1. The van der Waals surface area contributed by atoms with Crippen molar-refractivity contribution in [1.82, 2.24) is 30.0 Å². The fourth-order valence-corrected chi connectivity index (χ4v) is 2.80. The lowest BCUT2D eigenvalue weighted by atomic mass is 10.3. The molecule has 0 radical (unpaired) electrons. The van der Waals surface area contributed by atoms with Gasteiger partial charge in [0.25, 0.3) is 5.91 Å². The van der Waals surface area contributed by atoms with Gasteiger partial charge in [-0.15, -0.1) is 0 Å². The van der Waals surface area contributed by atoms with Crippen LogP contribution in [0.4, 0.5) is 0 Å². The summed E-state index contributed by atoms with van der Waals surface area (Å²) in [7, 11) is 0. The van der Waals surface area contributed by atoms with Crippen LogP contribution in [0.15, 0.2) is 35.6 Å².